The zero-order valence-corrected chi connectivity index (χ0v) is 25.2. The Balaban J connectivity index is 2.18. The molecule has 3 rings (SSSR count). The van der Waals surface area contributed by atoms with Crippen LogP contribution in [0.4, 0.5) is 0 Å². The third-order valence-corrected chi connectivity index (χ3v) is 15.6. The molecular formula is C27H39OPSi3. The van der Waals surface area contributed by atoms with Crippen LogP contribution in [0.5, 0.6) is 0 Å². The first-order chi connectivity index (χ1) is 14.6. The van der Waals surface area contributed by atoms with E-state index in [0.29, 0.717) is 0 Å². The van der Waals surface area contributed by atoms with Crippen LogP contribution in [0.3, 0.4) is 0 Å². The van der Waals surface area contributed by atoms with Crippen LogP contribution in [0, 0.1) is 0 Å². The maximum absolute atomic E-state index is 14.9. The summed E-state index contributed by atoms with van der Waals surface area (Å²) in [6, 6.07) is 26.0. The second-order valence-corrected chi connectivity index (χ2v) is 30.0. The van der Waals surface area contributed by atoms with Crippen LogP contribution in [-0.4, -0.2) is 24.2 Å². The average Bonchev–Trinajstić information content (AvgIpc) is 2.71. The number of benzene rings is 3. The van der Waals surface area contributed by atoms with Crippen molar-refractivity contribution in [2.75, 3.05) is 0 Å². The molecule has 0 saturated carbocycles. The molecular weight excluding hydrogens is 456 g/mol. The molecule has 0 aromatic heterocycles. The Morgan fingerprint density at radius 3 is 0.750 bits per heavy atom. The highest BCUT2D eigenvalue weighted by Gasteiger charge is 2.31. The average molecular weight is 495 g/mol. The molecule has 0 radical (unpaired) electrons. The van der Waals surface area contributed by atoms with Gasteiger partial charge in [0.15, 0.2) is 7.14 Å². The van der Waals surface area contributed by atoms with Gasteiger partial charge in [-0.1, -0.05) is 147 Å². The molecule has 3 aromatic rings. The topological polar surface area (TPSA) is 17.1 Å². The summed E-state index contributed by atoms with van der Waals surface area (Å²) in [4.78, 5) is 0. The summed E-state index contributed by atoms with van der Waals surface area (Å²) >= 11 is 0. The van der Waals surface area contributed by atoms with Crippen molar-refractivity contribution in [3.05, 3.63) is 72.8 Å². The quantitative estimate of drug-likeness (QED) is 0.350. The van der Waals surface area contributed by atoms with E-state index in [4.69, 9.17) is 0 Å². The van der Waals surface area contributed by atoms with Crippen molar-refractivity contribution in [2.24, 2.45) is 0 Å². The summed E-state index contributed by atoms with van der Waals surface area (Å²) < 4.78 is 14.9. The molecule has 0 unspecified atom stereocenters. The molecule has 0 saturated heterocycles. The van der Waals surface area contributed by atoms with Crippen LogP contribution in [-0.2, 0) is 4.57 Å². The molecule has 32 heavy (non-hydrogen) atoms. The summed E-state index contributed by atoms with van der Waals surface area (Å²) in [7, 11) is -7.18. The minimum Gasteiger partial charge on any atom is -0.309 e. The Hall–Kier alpha value is -1.46. The first-order valence-electron chi connectivity index (χ1n) is 11.6. The van der Waals surface area contributed by atoms with Crippen LogP contribution in [0.25, 0.3) is 0 Å². The van der Waals surface area contributed by atoms with Gasteiger partial charge in [0.1, 0.15) is 0 Å². The van der Waals surface area contributed by atoms with E-state index >= 15 is 0 Å². The molecule has 0 aliphatic heterocycles. The van der Waals surface area contributed by atoms with Crippen molar-refractivity contribution < 1.29 is 4.57 Å². The standard InChI is InChI=1S/C27H39OPSi3/c1-30(2,3)25-16-10-22(11-17-25)29(28,23-12-18-26(19-13-23)31(4,5)6)24-14-20-27(21-15-24)32(7,8)9/h10-21H,1-9H3. The lowest BCUT2D eigenvalue weighted by molar-refractivity contribution is 0.592. The third kappa shape index (κ3) is 5.20. The van der Waals surface area contributed by atoms with Gasteiger partial charge in [0, 0.05) is 15.9 Å². The highest BCUT2D eigenvalue weighted by molar-refractivity contribution is 7.85. The fraction of sp³-hybridized carbons (Fsp3) is 0.333. The van der Waals surface area contributed by atoms with Crippen LogP contribution in [0.1, 0.15) is 0 Å². The number of rotatable bonds is 6. The second kappa shape index (κ2) is 8.72. The van der Waals surface area contributed by atoms with Gasteiger partial charge in [0.05, 0.1) is 24.2 Å². The van der Waals surface area contributed by atoms with E-state index < -0.39 is 31.4 Å². The van der Waals surface area contributed by atoms with Gasteiger partial charge in [-0.25, -0.2) is 0 Å². The minimum absolute atomic E-state index is 0.931. The van der Waals surface area contributed by atoms with Crippen LogP contribution >= 0.6 is 7.14 Å². The lowest BCUT2D eigenvalue weighted by atomic mass is 10.3. The maximum Gasteiger partial charge on any atom is 0.171 e. The van der Waals surface area contributed by atoms with Gasteiger partial charge in [-0.2, -0.15) is 0 Å². The third-order valence-electron chi connectivity index (χ3n) is 6.29. The summed E-state index contributed by atoms with van der Waals surface area (Å²) in [6.07, 6.45) is 0. The molecule has 0 fully saturated rings. The molecule has 0 spiro atoms. The van der Waals surface area contributed by atoms with E-state index in [1.165, 1.54) is 15.6 Å². The van der Waals surface area contributed by atoms with Crippen LogP contribution in [0.2, 0.25) is 58.9 Å². The molecule has 3 aromatic carbocycles. The Morgan fingerprint density at radius 1 is 0.406 bits per heavy atom. The highest BCUT2D eigenvalue weighted by Crippen LogP contribution is 2.42. The Labute approximate surface area is 198 Å². The number of hydrogen-bond acceptors (Lipinski definition) is 1. The van der Waals surface area contributed by atoms with Crippen molar-refractivity contribution in [1.29, 1.82) is 0 Å². The van der Waals surface area contributed by atoms with Crippen molar-refractivity contribution in [1.82, 2.24) is 0 Å². The van der Waals surface area contributed by atoms with E-state index in [1.54, 1.807) is 0 Å². The smallest absolute Gasteiger partial charge is 0.171 e. The van der Waals surface area contributed by atoms with Gasteiger partial charge >= 0.3 is 0 Å². The Bertz CT molecular complexity index is 966. The van der Waals surface area contributed by atoms with E-state index in [9.17, 15) is 4.57 Å². The molecule has 0 bridgehead atoms. The zero-order valence-electron chi connectivity index (χ0n) is 21.3. The SMILES string of the molecule is C[Si](C)(C)c1ccc(P(=O)(c2ccc([Si](C)(C)C)cc2)c2ccc([Si](C)(C)C)cc2)cc1. The summed E-state index contributed by atoms with van der Waals surface area (Å²) in [6.45, 7) is 21.2. The molecule has 0 N–H and O–H groups in total. The normalized spacial score (nSPS) is 13.3. The zero-order chi connectivity index (χ0) is 23.9. The van der Waals surface area contributed by atoms with Crippen molar-refractivity contribution in [3.8, 4) is 0 Å². The predicted octanol–water partition coefficient (Wildman–Crippen LogP) is 4.96. The molecule has 0 amide bonds. The number of hydrogen-bond donors (Lipinski definition) is 0. The van der Waals surface area contributed by atoms with Crippen molar-refractivity contribution >= 4 is 62.8 Å². The van der Waals surface area contributed by atoms with Crippen LogP contribution in [0.15, 0.2) is 72.8 Å². The largest absolute Gasteiger partial charge is 0.309 e. The van der Waals surface area contributed by atoms with E-state index in [-0.39, 0.29) is 0 Å². The summed E-state index contributed by atoms with van der Waals surface area (Å²) in [5, 5.41) is 6.99. The van der Waals surface area contributed by atoms with Gasteiger partial charge in [0.2, 0.25) is 0 Å². The second-order valence-electron chi connectivity index (χ2n) is 12.0. The lowest BCUT2D eigenvalue weighted by Gasteiger charge is -2.24. The first kappa shape index (κ1) is 25.2. The van der Waals surface area contributed by atoms with Gasteiger partial charge < -0.3 is 4.57 Å². The maximum atomic E-state index is 14.9. The molecule has 1 nitrogen and oxygen atoms in total. The summed E-state index contributed by atoms with van der Waals surface area (Å²) in [5.74, 6) is 0. The first-order valence-corrected chi connectivity index (χ1v) is 23.8. The molecule has 170 valence electrons. The van der Waals surface area contributed by atoms with Gasteiger partial charge in [-0.05, 0) is 0 Å². The molecule has 0 aliphatic rings. The molecule has 0 heterocycles. The Morgan fingerprint density at radius 2 is 0.594 bits per heavy atom. The van der Waals surface area contributed by atoms with Gasteiger partial charge in [-0.15, -0.1) is 0 Å². The van der Waals surface area contributed by atoms with Crippen molar-refractivity contribution in [3.63, 3.8) is 0 Å². The predicted molar refractivity (Wildman–Crippen MR) is 155 cm³/mol. The minimum atomic E-state index is -2.95. The summed E-state index contributed by atoms with van der Waals surface area (Å²) in [5.41, 5.74) is 0. The molecule has 5 heteroatoms. The lowest BCUT2D eigenvalue weighted by Crippen LogP contribution is -2.40. The fourth-order valence-electron chi connectivity index (χ4n) is 3.96. The van der Waals surface area contributed by atoms with Gasteiger partial charge in [0.25, 0.3) is 0 Å². The van der Waals surface area contributed by atoms with E-state index in [1.807, 2.05) is 0 Å². The van der Waals surface area contributed by atoms with E-state index in [2.05, 4.69) is 132 Å². The monoisotopic (exact) mass is 494 g/mol. The molecule has 0 atom stereocenters. The Kier molecular flexibility index (Phi) is 6.86. The fourth-order valence-corrected chi connectivity index (χ4v) is 10.1. The molecule has 0 aliphatic carbocycles. The van der Waals surface area contributed by atoms with Crippen molar-refractivity contribution in [2.45, 2.75) is 58.9 Å². The van der Waals surface area contributed by atoms with Gasteiger partial charge in [-0.3, -0.25) is 0 Å². The van der Waals surface area contributed by atoms with Crippen LogP contribution < -0.4 is 31.5 Å². The highest BCUT2D eigenvalue weighted by atomic mass is 31.2. The van der Waals surface area contributed by atoms with E-state index in [0.717, 1.165) is 15.9 Å².